The Morgan fingerprint density at radius 1 is 1.36 bits per heavy atom. The Balaban J connectivity index is 2.48. The van der Waals surface area contributed by atoms with Crippen LogP contribution in [-0.2, 0) is 11.0 Å². The summed E-state index contributed by atoms with van der Waals surface area (Å²) in [6.45, 7) is 3.32. The molecule has 0 saturated heterocycles. The molecule has 0 heterocycles. The molecular formula is C10H16N2OS. The van der Waals surface area contributed by atoms with Crippen molar-refractivity contribution in [2.45, 2.75) is 18.2 Å². The molecule has 0 saturated carbocycles. The van der Waals surface area contributed by atoms with Crippen molar-refractivity contribution in [3.05, 3.63) is 29.8 Å². The average Bonchev–Trinajstić information content (AvgIpc) is 2.19. The maximum Gasteiger partial charge on any atom is 0.124 e. The van der Waals surface area contributed by atoms with E-state index in [4.69, 9.17) is 5.73 Å². The zero-order valence-corrected chi connectivity index (χ0v) is 9.14. The van der Waals surface area contributed by atoms with Gasteiger partial charge in [0.2, 0.25) is 0 Å². The van der Waals surface area contributed by atoms with Gasteiger partial charge in [-0.3, -0.25) is 0 Å². The summed E-state index contributed by atoms with van der Waals surface area (Å²) in [7, 11) is -1.10. The van der Waals surface area contributed by atoms with Gasteiger partial charge in [0.15, 0.2) is 0 Å². The molecule has 1 atom stereocenters. The normalized spacial score (nSPS) is 12.7. The van der Waals surface area contributed by atoms with E-state index >= 15 is 0 Å². The fourth-order valence-electron chi connectivity index (χ4n) is 1.01. The minimum Gasteiger partial charge on any atom is -0.330 e. The fraction of sp³-hybridized carbons (Fsp3) is 0.400. The Hall–Kier alpha value is -0.710. The molecule has 0 aliphatic heterocycles. The number of aryl methyl sites for hydroxylation is 1. The standard InChI is InChI=1S/C10H16N2OS/c1-9-3-5-10(6-4-9)14(13)12-8-2-7-11/h3-6,12H,2,7-8,11H2,1H3. The van der Waals surface area contributed by atoms with Crippen molar-refractivity contribution in [3.8, 4) is 0 Å². The molecule has 1 aromatic rings. The topological polar surface area (TPSA) is 55.1 Å². The Kier molecular flexibility index (Phi) is 4.79. The molecule has 14 heavy (non-hydrogen) atoms. The van der Waals surface area contributed by atoms with Crippen LogP contribution in [0.5, 0.6) is 0 Å². The third-order valence-corrected chi connectivity index (χ3v) is 3.02. The van der Waals surface area contributed by atoms with Gasteiger partial charge in [0.25, 0.3) is 0 Å². The average molecular weight is 212 g/mol. The first-order valence-electron chi connectivity index (χ1n) is 4.66. The quantitative estimate of drug-likeness (QED) is 0.714. The summed E-state index contributed by atoms with van der Waals surface area (Å²) in [6, 6.07) is 7.66. The van der Waals surface area contributed by atoms with Gasteiger partial charge >= 0.3 is 0 Å². The molecule has 0 bridgehead atoms. The van der Waals surface area contributed by atoms with Crippen LogP contribution < -0.4 is 10.5 Å². The first kappa shape index (κ1) is 11.4. The minimum atomic E-state index is -1.10. The maximum absolute atomic E-state index is 11.6. The highest BCUT2D eigenvalue weighted by Gasteiger charge is 2.01. The molecule has 0 fully saturated rings. The summed E-state index contributed by atoms with van der Waals surface area (Å²) in [6.07, 6.45) is 0.845. The minimum absolute atomic E-state index is 0.623. The van der Waals surface area contributed by atoms with Crippen LogP contribution in [0.25, 0.3) is 0 Å². The van der Waals surface area contributed by atoms with E-state index in [-0.39, 0.29) is 0 Å². The van der Waals surface area contributed by atoms with Gasteiger partial charge in [0.05, 0.1) is 4.90 Å². The summed E-state index contributed by atoms with van der Waals surface area (Å²) >= 11 is 0. The lowest BCUT2D eigenvalue weighted by molar-refractivity contribution is 0.668. The number of nitrogens with one attached hydrogen (secondary N) is 1. The van der Waals surface area contributed by atoms with Gasteiger partial charge in [-0.1, -0.05) is 17.7 Å². The predicted molar refractivity (Wildman–Crippen MR) is 59.3 cm³/mol. The lowest BCUT2D eigenvalue weighted by Gasteiger charge is -2.03. The lowest BCUT2D eigenvalue weighted by Crippen LogP contribution is -2.20. The van der Waals surface area contributed by atoms with Crippen LogP contribution in [0.2, 0.25) is 0 Å². The smallest absolute Gasteiger partial charge is 0.124 e. The lowest BCUT2D eigenvalue weighted by atomic mass is 10.2. The molecule has 0 amide bonds. The van der Waals surface area contributed by atoms with Crippen molar-refractivity contribution < 1.29 is 4.21 Å². The molecule has 0 radical (unpaired) electrons. The van der Waals surface area contributed by atoms with E-state index in [1.165, 1.54) is 5.56 Å². The van der Waals surface area contributed by atoms with Crippen molar-refractivity contribution in [1.82, 2.24) is 4.72 Å². The summed E-state index contributed by atoms with van der Waals surface area (Å²) in [5, 5.41) is 0. The highest BCUT2D eigenvalue weighted by molar-refractivity contribution is 7.83. The first-order valence-corrected chi connectivity index (χ1v) is 5.81. The molecule has 3 N–H and O–H groups in total. The van der Waals surface area contributed by atoms with Crippen LogP contribution in [0.15, 0.2) is 29.2 Å². The van der Waals surface area contributed by atoms with E-state index in [9.17, 15) is 4.21 Å². The number of rotatable bonds is 5. The summed E-state index contributed by atoms with van der Waals surface area (Å²) < 4.78 is 14.5. The van der Waals surface area contributed by atoms with Crippen molar-refractivity contribution in [2.24, 2.45) is 5.73 Å². The molecule has 0 aliphatic carbocycles. The van der Waals surface area contributed by atoms with E-state index in [0.29, 0.717) is 13.1 Å². The monoisotopic (exact) mass is 212 g/mol. The summed E-state index contributed by atoms with van der Waals surface area (Å²) in [5.74, 6) is 0. The van der Waals surface area contributed by atoms with Crippen LogP contribution in [0.4, 0.5) is 0 Å². The number of benzene rings is 1. The Morgan fingerprint density at radius 3 is 2.57 bits per heavy atom. The predicted octanol–water partition coefficient (Wildman–Crippen LogP) is 0.956. The Bertz CT molecular complexity index is 297. The van der Waals surface area contributed by atoms with Gasteiger partial charge in [-0.2, -0.15) is 0 Å². The Morgan fingerprint density at radius 2 is 2.00 bits per heavy atom. The molecule has 1 rings (SSSR count). The van der Waals surface area contributed by atoms with E-state index in [0.717, 1.165) is 11.3 Å². The van der Waals surface area contributed by atoms with Crippen LogP contribution in [0.1, 0.15) is 12.0 Å². The van der Waals surface area contributed by atoms with E-state index in [1.807, 2.05) is 31.2 Å². The third kappa shape index (κ3) is 3.57. The van der Waals surface area contributed by atoms with Crippen LogP contribution in [0.3, 0.4) is 0 Å². The van der Waals surface area contributed by atoms with Crippen molar-refractivity contribution in [2.75, 3.05) is 13.1 Å². The van der Waals surface area contributed by atoms with Gasteiger partial charge in [0, 0.05) is 6.54 Å². The van der Waals surface area contributed by atoms with Gasteiger partial charge in [0.1, 0.15) is 11.0 Å². The van der Waals surface area contributed by atoms with Crippen molar-refractivity contribution in [1.29, 1.82) is 0 Å². The van der Waals surface area contributed by atoms with Crippen molar-refractivity contribution >= 4 is 11.0 Å². The van der Waals surface area contributed by atoms with Gasteiger partial charge in [-0.15, -0.1) is 0 Å². The highest BCUT2D eigenvalue weighted by atomic mass is 32.2. The zero-order valence-electron chi connectivity index (χ0n) is 8.32. The molecule has 1 aromatic carbocycles. The summed E-state index contributed by atoms with van der Waals surface area (Å²) in [4.78, 5) is 0.813. The zero-order chi connectivity index (χ0) is 10.4. The number of nitrogens with two attached hydrogens (primary N) is 1. The molecular weight excluding hydrogens is 196 g/mol. The van der Waals surface area contributed by atoms with E-state index < -0.39 is 11.0 Å². The molecule has 0 aromatic heterocycles. The SMILES string of the molecule is Cc1ccc(S(=O)NCCCN)cc1. The first-order chi connectivity index (χ1) is 6.74. The third-order valence-electron chi connectivity index (χ3n) is 1.85. The van der Waals surface area contributed by atoms with Crippen LogP contribution in [-0.4, -0.2) is 17.3 Å². The largest absolute Gasteiger partial charge is 0.330 e. The van der Waals surface area contributed by atoms with Gasteiger partial charge in [-0.05, 0) is 32.0 Å². The van der Waals surface area contributed by atoms with E-state index in [1.54, 1.807) is 0 Å². The number of hydrogen-bond acceptors (Lipinski definition) is 2. The highest BCUT2D eigenvalue weighted by Crippen LogP contribution is 2.06. The second kappa shape index (κ2) is 5.90. The number of hydrogen-bond donors (Lipinski definition) is 2. The second-order valence-corrected chi connectivity index (χ2v) is 4.42. The molecule has 3 nitrogen and oxygen atoms in total. The molecule has 0 aliphatic rings. The molecule has 4 heteroatoms. The molecule has 0 spiro atoms. The van der Waals surface area contributed by atoms with Crippen LogP contribution in [0, 0.1) is 6.92 Å². The molecule has 78 valence electrons. The second-order valence-electron chi connectivity index (χ2n) is 3.12. The fourth-order valence-corrected chi connectivity index (χ4v) is 1.89. The van der Waals surface area contributed by atoms with Gasteiger partial charge in [-0.25, -0.2) is 8.93 Å². The Labute approximate surface area is 87.3 Å². The maximum atomic E-state index is 11.6. The van der Waals surface area contributed by atoms with Crippen molar-refractivity contribution in [3.63, 3.8) is 0 Å². The molecule has 1 unspecified atom stereocenters. The van der Waals surface area contributed by atoms with Gasteiger partial charge < -0.3 is 5.73 Å². The van der Waals surface area contributed by atoms with E-state index in [2.05, 4.69) is 4.72 Å². The summed E-state index contributed by atoms with van der Waals surface area (Å²) in [5.41, 5.74) is 6.51. The van der Waals surface area contributed by atoms with Crippen LogP contribution >= 0.6 is 0 Å².